The second-order valence-corrected chi connectivity index (χ2v) is 5.09. The van der Waals surface area contributed by atoms with Crippen molar-refractivity contribution in [2.45, 2.75) is 13.8 Å². The van der Waals surface area contributed by atoms with Gasteiger partial charge in [0.15, 0.2) is 0 Å². The van der Waals surface area contributed by atoms with E-state index in [1.807, 2.05) is 24.4 Å². The highest BCUT2D eigenvalue weighted by atomic mass is 14.7. The predicted molar refractivity (Wildman–Crippen MR) is 84.6 cm³/mol. The molecular weight excluding hydrogens is 242 g/mol. The Morgan fingerprint density at radius 1 is 0.650 bits per heavy atom. The van der Waals surface area contributed by atoms with Crippen LogP contribution in [-0.2, 0) is 0 Å². The SMILES string of the molecule is Cc1ccc(-c2cccc(-c3ccccn3)c2)cc1C. The van der Waals surface area contributed by atoms with Crippen molar-refractivity contribution < 1.29 is 0 Å². The Hall–Kier alpha value is -2.41. The van der Waals surface area contributed by atoms with Gasteiger partial charge >= 0.3 is 0 Å². The van der Waals surface area contributed by atoms with Crippen LogP contribution in [0.1, 0.15) is 11.1 Å². The summed E-state index contributed by atoms with van der Waals surface area (Å²) in [6, 6.07) is 21.1. The van der Waals surface area contributed by atoms with Gasteiger partial charge in [0.1, 0.15) is 0 Å². The van der Waals surface area contributed by atoms with Crippen molar-refractivity contribution in [1.82, 2.24) is 4.98 Å². The molecule has 1 heteroatoms. The van der Waals surface area contributed by atoms with Crippen LogP contribution in [0.3, 0.4) is 0 Å². The van der Waals surface area contributed by atoms with Gasteiger partial charge in [0.05, 0.1) is 5.69 Å². The van der Waals surface area contributed by atoms with Crippen molar-refractivity contribution in [2.75, 3.05) is 0 Å². The second kappa shape index (κ2) is 5.30. The lowest BCUT2D eigenvalue weighted by atomic mass is 9.98. The van der Waals surface area contributed by atoms with Crippen LogP contribution in [0.25, 0.3) is 22.4 Å². The molecule has 0 saturated heterocycles. The van der Waals surface area contributed by atoms with E-state index in [0.717, 1.165) is 11.3 Å². The molecule has 1 nitrogen and oxygen atoms in total. The minimum Gasteiger partial charge on any atom is -0.256 e. The van der Waals surface area contributed by atoms with Gasteiger partial charge in [0.2, 0.25) is 0 Å². The maximum absolute atomic E-state index is 4.42. The molecule has 1 heterocycles. The summed E-state index contributed by atoms with van der Waals surface area (Å²) in [5, 5.41) is 0. The van der Waals surface area contributed by atoms with Crippen molar-refractivity contribution in [3.8, 4) is 22.4 Å². The molecule has 0 unspecified atom stereocenters. The third-order valence-corrected chi connectivity index (χ3v) is 3.66. The summed E-state index contributed by atoms with van der Waals surface area (Å²) in [4.78, 5) is 4.42. The van der Waals surface area contributed by atoms with Crippen molar-refractivity contribution in [3.05, 3.63) is 78.0 Å². The highest BCUT2D eigenvalue weighted by molar-refractivity contribution is 5.72. The Morgan fingerprint density at radius 3 is 2.20 bits per heavy atom. The Morgan fingerprint density at radius 2 is 1.45 bits per heavy atom. The summed E-state index contributed by atoms with van der Waals surface area (Å²) in [6.45, 7) is 4.30. The van der Waals surface area contributed by atoms with E-state index < -0.39 is 0 Å². The second-order valence-electron chi connectivity index (χ2n) is 5.09. The number of pyridine rings is 1. The zero-order chi connectivity index (χ0) is 13.9. The van der Waals surface area contributed by atoms with Gasteiger partial charge in [-0.3, -0.25) is 4.98 Å². The molecule has 0 spiro atoms. The van der Waals surface area contributed by atoms with Crippen LogP contribution in [-0.4, -0.2) is 4.98 Å². The molecule has 0 radical (unpaired) electrons. The van der Waals surface area contributed by atoms with E-state index >= 15 is 0 Å². The first-order chi connectivity index (χ1) is 9.74. The van der Waals surface area contributed by atoms with E-state index in [2.05, 4.69) is 61.3 Å². The number of aryl methyl sites for hydroxylation is 2. The topological polar surface area (TPSA) is 12.9 Å². The van der Waals surface area contributed by atoms with Crippen LogP contribution in [0.5, 0.6) is 0 Å². The molecule has 0 aliphatic carbocycles. The normalized spacial score (nSPS) is 10.5. The summed E-state index contributed by atoms with van der Waals surface area (Å²) in [5.41, 5.74) is 7.31. The number of benzene rings is 2. The minimum absolute atomic E-state index is 1.01. The van der Waals surface area contributed by atoms with E-state index in [9.17, 15) is 0 Å². The first-order valence-electron chi connectivity index (χ1n) is 6.83. The number of aromatic nitrogens is 1. The Labute approximate surface area is 119 Å². The molecule has 3 rings (SSSR count). The smallest absolute Gasteiger partial charge is 0.0702 e. The number of rotatable bonds is 2. The van der Waals surface area contributed by atoms with E-state index in [1.165, 1.54) is 22.3 Å². The molecule has 1 aromatic heterocycles. The average Bonchev–Trinajstić information content (AvgIpc) is 2.51. The fraction of sp³-hybridized carbons (Fsp3) is 0.105. The van der Waals surface area contributed by atoms with Gasteiger partial charge in [-0.25, -0.2) is 0 Å². The Kier molecular flexibility index (Phi) is 3.34. The van der Waals surface area contributed by atoms with Crippen LogP contribution >= 0.6 is 0 Å². The lowest BCUT2D eigenvalue weighted by Gasteiger charge is -2.07. The lowest BCUT2D eigenvalue weighted by molar-refractivity contribution is 1.32. The van der Waals surface area contributed by atoms with Gasteiger partial charge < -0.3 is 0 Å². The molecule has 98 valence electrons. The monoisotopic (exact) mass is 259 g/mol. The fourth-order valence-corrected chi connectivity index (χ4v) is 2.31. The fourth-order valence-electron chi connectivity index (χ4n) is 2.31. The highest BCUT2D eigenvalue weighted by Crippen LogP contribution is 2.26. The van der Waals surface area contributed by atoms with Crippen molar-refractivity contribution in [3.63, 3.8) is 0 Å². The van der Waals surface area contributed by atoms with Gasteiger partial charge in [-0.15, -0.1) is 0 Å². The average molecular weight is 259 g/mol. The number of hydrogen-bond acceptors (Lipinski definition) is 1. The highest BCUT2D eigenvalue weighted by Gasteiger charge is 2.03. The van der Waals surface area contributed by atoms with Gasteiger partial charge in [-0.1, -0.05) is 42.5 Å². The molecule has 0 fully saturated rings. The molecule has 0 N–H and O–H groups in total. The quantitative estimate of drug-likeness (QED) is 0.628. The van der Waals surface area contributed by atoms with Gasteiger partial charge in [-0.2, -0.15) is 0 Å². The molecule has 0 aliphatic heterocycles. The van der Waals surface area contributed by atoms with Crippen LogP contribution in [0, 0.1) is 13.8 Å². The molecule has 0 bridgehead atoms. The first-order valence-corrected chi connectivity index (χ1v) is 6.83. The van der Waals surface area contributed by atoms with E-state index in [-0.39, 0.29) is 0 Å². The van der Waals surface area contributed by atoms with Crippen LogP contribution < -0.4 is 0 Å². The minimum atomic E-state index is 1.01. The van der Waals surface area contributed by atoms with Crippen molar-refractivity contribution in [2.24, 2.45) is 0 Å². The van der Waals surface area contributed by atoms with Crippen LogP contribution in [0.4, 0.5) is 0 Å². The molecule has 20 heavy (non-hydrogen) atoms. The van der Waals surface area contributed by atoms with Crippen LogP contribution in [0.15, 0.2) is 66.9 Å². The zero-order valence-corrected chi connectivity index (χ0v) is 11.8. The van der Waals surface area contributed by atoms with Gasteiger partial charge in [-0.05, 0) is 54.3 Å². The first kappa shape index (κ1) is 12.6. The zero-order valence-electron chi connectivity index (χ0n) is 11.8. The number of nitrogens with zero attached hydrogens (tertiary/aromatic N) is 1. The largest absolute Gasteiger partial charge is 0.256 e. The van der Waals surface area contributed by atoms with E-state index in [4.69, 9.17) is 0 Å². The summed E-state index contributed by atoms with van der Waals surface area (Å²) < 4.78 is 0. The summed E-state index contributed by atoms with van der Waals surface area (Å²) in [6.07, 6.45) is 1.83. The van der Waals surface area contributed by atoms with E-state index in [0.29, 0.717) is 0 Å². The Balaban J connectivity index is 2.05. The molecule has 0 saturated carbocycles. The standard InChI is InChI=1S/C19H17N/c1-14-9-10-17(12-15(14)2)16-6-5-7-18(13-16)19-8-3-4-11-20-19/h3-13H,1-2H3. The molecule has 0 amide bonds. The summed E-state index contributed by atoms with van der Waals surface area (Å²) >= 11 is 0. The summed E-state index contributed by atoms with van der Waals surface area (Å²) in [5.74, 6) is 0. The molecular formula is C19H17N. The molecule has 0 atom stereocenters. The van der Waals surface area contributed by atoms with E-state index in [1.54, 1.807) is 0 Å². The molecule has 2 aromatic carbocycles. The predicted octanol–water partition coefficient (Wildman–Crippen LogP) is 5.03. The van der Waals surface area contributed by atoms with Gasteiger partial charge in [0.25, 0.3) is 0 Å². The Bertz CT molecular complexity index is 730. The van der Waals surface area contributed by atoms with Crippen molar-refractivity contribution in [1.29, 1.82) is 0 Å². The molecule has 0 aliphatic rings. The molecule has 3 aromatic rings. The van der Waals surface area contributed by atoms with Crippen molar-refractivity contribution >= 4 is 0 Å². The number of hydrogen-bond donors (Lipinski definition) is 0. The van der Waals surface area contributed by atoms with Crippen LogP contribution in [0.2, 0.25) is 0 Å². The third kappa shape index (κ3) is 2.48. The lowest BCUT2D eigenvalue weighted by Crippen LogP contribution is -1.86. The third-order valence-electron chi connectivity index (χ3n) is 3.66. The maximum Gasteiger partial charge on any atom is 0.0702 e. The maximum atomic E-state index is 4.42. The summed E-state index contributed by atoms with van der Waals surface area (Å²) in [7, 11) is 0. The van der Waals surface area contributed by atoms with Gasteiger partial charge in [0, 0.05) is 11.8 Å².